The number of benzene rings is 5. The van der Waals surface area contributed by atoms with Crippen molar-refractivity contribution in [2.75, 3.05) is 40.8 Å². The van der Waals surface area contributed by atoms with E-state index in [1.807, 2.05) is 89.5 Å². The molecule has 0 spiro atoms. The molecule has 5 aromatic rings. The molecule has 3 atom stereocenters. The van der Waals surface area contributed by atoms with Crippen molar-refractivity contribution in [3.05, 3.63) is 141 Å². The first-order valence-electron chi connectivity index (χ1n) is 24.3. The van der Waals surface area contributed by atoms with Crippen molar-refractivity contribution in [3.8, 4) is 17.2 Å². The Morgan fingerprint density at radius 3 is 1.87 bits per heavy atom. The minimum Gasteiger partial charge on any atom is -0.493 e. The smallest absolute Gasteiger partial charge is 0.277 e. The lowest BCUT2D eigenvalue weighted by Gasteiger charge is -2.23. The van der Waals surface area contributed by atoms with E-state index in [1.54, 1.807) is 20.1 Å². The summed E-state index contributed by atoms with van der Waals surface area (Å²) in [7, 11) is 1.66. The molecular formula is C55H59N3O10S3. The number of rotatable bonds is 20. The molecule has 3 amide bonds. The number of Topliss-reactive ketones (excluding diaryl/α,β-unsaturated/α-hetero) is 1. The van der Waals surface area contributed by atoms with E-state index in [1.165, 1.54) is 32.7 Å². The zero-order valence-corrected chi connectivity index (χ0v) is 42.9. The third-order valence-electron chi connectivity index (χ3n) is 13.9. The highest BCUT2D eigenvalue weighted by Crippen LogP contribution is 2.42. The number of fused-ring (bicyclic) bond motifs is 8. The standard InChI is InChI=1S/C55H59N3O10S3/c1-5-48(59)52(71(63,64)66-4)20-22-70-69-21-10-15-53(60)56-41-25-35(32-67-49-29-37-16-18-42-27-39-11-6-8-13-46(39)57(42)54(61)44(37)23-34(49)2)24-36(26-41)33-68-51-30-38-17-19-43-28-40-12-7-9-14-47(40)58(43)55(62)45(38)31-50(51)65-3/h6-9,11-14,23-26,29-31,42-43,52H,5,10,15-22,27-28,32-33H2,1-4H3,(H,56,60)/t42-,43-,52?/m1/s1. The quantitative estimate of drug-likeness (QED) is 0.0448. The maximum atomic E-state index is 14.1. The van der Waals surface area contributed by atoms with Crippen molar-refractivity contribution in [2.24, 2.45) is 0 Å². The van der Waals surface area contributed by atoms with E-state index in [0.29, 0.717) is 58.4 Å². The first-order valence-corrected chi connectivity index (χ1v) is 28.2. The van der Waals surface area contributed by atoms with Crippen LogP contribution in [0.2, 0.25) is 0 Å². The van der Waals surface area contributed by atoms with Gasteiger partial charge in [-0.15, -0.1) is 0 Å². The highest BCUT2D eigenvalue weighted by Gasteiger charge is 2.39. The molecule has 0 bridgehead atoms. The number of nitrogens with one attached hydrogen (secondary N) is 1. The topological polar surface area (TPSA) is 158 Å². The fraction of sp³-hybridized carbons (Fsp3) is 0.382. The van der Waals surface area contributed by atoms with Gasteiger partial charge in [-0.2, -0.15) is 8.42 Å². The number of hydrogen-bond acceptors (Lipinski definition) is 12. The van der Waals surface area contributed by atoms with Gasteiger partial charge in [-0.05, 0) is 152 Å². The minimum atomic E-state index is -3.96. The highest BCUT2D eigenvalue weighted by molar-refractivity contribution is 8.76. The van der Waals surface area contributed by atoms with Gasteiger partial charge in [0.2, 0.25) is 5.91 Å². The first kappa shape index (κ1) is 50.1. The third-order valence-corrected chi connectivity index (χ3v) is 18.1. The Balaban J connectivity index is 0.892. The SMILES string of the molecule is CCC(=O)C(CCSSCCCC(=O)Nc1cc(COc2cc3c(cc2C)C(=O)N2c4ccccc4C[C@H]2CC3)cc(COc2cc3c(cc2OC)C(=O)N2c4ccccc4C[C@H]2CC3)c1)S(=O)(=O)OC. The van der Waals surface area contributed by atoms with E-state index in [-0.39, 0.29) is 68.1 Å². The maximum Gasteiger partial charge on any atom is 0.277 e. The maximum absolute atomic E-state index is 14.1. The van der Waals surface area contributed by atoms with Gasteiger partial charge in [-0.1, -0.05) is 64.9 Å². The molecule has 9 rings (SSSR count). The van der Waals surface area contributed by atoms with Crippen LogP contribution in [0.3, 0.4) is 0 Å². The molecule has 0 saturated heterocycles. The molecule has 372 valence electrons. The van der Waals surface area contributed by atoms with E-state index < -0.39 is 15.4 Å². The summed E-state index contributed by atoms with van der Waals surface area (Å²) in [6.07, 6.45) is 5.88. The molecule has 5 aromatic carbocycles. The number of methoxy groups -OCH3 is 1. The number of para-hydroxylation sites is 2. The van der Waals surface area contributed by atoms with Crippen LogP contribution in [0.1, 0.15) is 105 Å². The van der Waals surface area contributed by atoms with Crippen molar-refractivity contribution in [1.82, 2.24) is 0 Å². The first-order chi connectivity index (χ1) is 34.3. The zero-order valence-electron chi connectivity index (χ0n) is 40.5. The lowest BCUT2D eigenvalue weighted by atomic mass is 9.98. The van der Waals surface area contributed by atoms with Crippen LogP contribution in [0.5, 0.6) is 17.2 Å². The Kier molecular flexibility index (Phi) is 15.5. The van der Waals surface area contributed by atoms with Gasteiger partial charge >= 0.3 is 0 Å². The number of ether oxygens (including phenoxy) is 3. The minimum absolute atomic E-state index is 0.0187. The number of aryl methyl sites for hydroxylation is 3. The molecule has 4 aliphatic heterocycles. The van der Waals surface area contributed by atoms with Crippen molar-refractivity contribution in [3.63, 3.8) is 0 Å². The van der Waals surface area contributed by atoms with E-state index in [2.05, 4.69) is 21.6 Å². The Hall–Kier alpha value is -5.81. The van der Waals surface area contributed by atoms with Crippen LogP contribution in [0.25, 0.3) is 0 Å². The van der Waals surface area contributed by atoms with Gasteiger partial charge in [-0.3, -0.25) is 23.4 Å². The zero-order chi connectivity index (χ0) is 49.8. The average molecular weight is 1020 g/mol. The second-order valence-corrected chi connectivity index (χ2v) is 23.1. The molecule has 13 nitrogen and oxygen atoms in total. The summed E-state index contributed by atoms with van der Waals surface area (Å²) in [6.45, 7) is 3.90. The van der Waals surface area contributed by atoms with Crippen molar-refractivity contribution in [1.29, 1.82) is 0 Å². The van der Waals surface area contributed by atoms with Crippen LogP contribution in [0.15, 0.2) is 91.0 Å². The second kappa shape index (κ2) is 21.9. The van der Waals surface area contributed by atoms with E-state index in [4.69, 9.17) is 14.2 Å². The van der Waals surface area contributed by atoms with E-state index >= 15 is 0 Å². The number of anilines is 3. The highest BCUT2D eigenvalue weighted by atomic mass is 33.1. The fourth-order valence-corrected chi connectivity index (χ4v) is 13.8. The van der Waals surface area contributed by atoms with Crippen LogP contribution < -0.4 is 29.3 Å². The van der Waals surface area contributed by atoms with Crippen molar-refractivity contribution >= 4 is 72.3 Å². The fourth-order valence-electron chi connectivity index (χ4n) is 10.3. The summed E-state index contributed by atoms with van der Waals surface area (Å²) in [5, 5.41) is 1.89. The number of carbonyl (C=O) groups excluding carboxylic acids is 4. The summed E-state index contributed by atoms with van der Waals surface area (Å²) >= 11 is 0. The predicted octanol–water partition coefficient (Wildman–Crippen LogP) is 10.0. The van der Waals surface area contributed by atoms with Gasteiger partial charge in [0.15, 0.2) is 17.3 Å². The van der Waals surface area contributed by atoms with E-state index in [9.17, 15) is 27.6 Å². The van der Waals surface area contributed by atoms with Gasteiger partial charge in [0.25, 0.3) is 21.9 Å². The number of nitrogens with zero attached hydrogens (tertiary/aromatic N) is 2. The monoisotopic (exact) mass is 1020 g/mol. The van der Waals surface area contributed by atoms with Crippen molar-refractivity contribution < 1.29 is 46.0 Å². The summed E-state index contributed by atoms with van der Waals surface area (Å²) < 4.78 is 48.1. The number of amides is 3. The molecule has 0 aromatic heterocycles. The molecule has 4 heterocycles. The van der Waals surface area contributed by atoms with Crippen LogP contribution in [-0.4, -0.2) is 75.0 Å². The van der Waals surface area contributed by atoms with Crippen LogP contribution in [0.4, 0.5) is 17.1 Å². The normalized spacial score (nSPS) is 17.2. The molecular weight excluding hydrogens is 959 g/mol. The summed E-state index contributed by atoms with van der Waals surface area (Å²) in [5.41, 5.74) is 10.5. The lowest BCUT2D eigenvalue weighted by molar-refractivity contribution is -0.118. The Morgan fingerprint density at radius 1 is 0.718 bits per heavy atom. The van der Waals surface area contributed by atoms with Crippen LogP contribution in [-0.2, 0) is 62.8 Å². The molecule has 0 fully saturated rings. The molecule has 4 aliphatic rings. The van der Waals surface area contributed by atoms with Crippen LogP contribution >= 0.6 is 21.6 Å². The molecule has 1 unspecified atom stereocenters. The van der Waals surface area contributed by atoms with Crippen molar-refractivity contribution in [2.45, 2.75) is 109 Å². The predicted molar refractivity (Wildman–Crippen MR) is 280 cm³/mol. The number of carbonyl (C=O) groups is 4. The third kappa shape index (κ3) is 10.9. The second-order valence-electron chi connectivity index (χ2n) is 18.5. The lowest BCUT2D eigenvalue weighted by Crippen LogP contribution is -2.36. The van der Waals surface area contributed by atoms with Gasteiger partial charge in [-0.25, -0.2) is 0 Å². The molecule has 0 saturated carbocycles. The molecule has 0 radical (unpaired) electrons. The summed E-state index contributed by atoms with van der Waals surface area (Å²) in [6, 6.07) is 29.9. The van der Waals surface area contributed by atoms with Gasteiger partial charge in [0.1, 0.15) is 24.2 Å². The average Bonchev–Trinajstić information content (AvgIpc) is 3.86. The molecule has 71 heavy (non-hydrogen) atoms. The molecule has 0 aliphatic carbocycles. The number of hydrogen-bond donors (Lipinski definition) is 1. The van der Waals surface area contributed by atoms with Gasteiger partial charge in [0.05, 0.1) is 14.2 Å². The summed E-state index contributed by atoms with van der Waals surface area (Å²) in [4.78, 5) is 57.8. The Labute approximate surface area is 423 Å². The molecule has 16 heteroatoms. The Morgan fingerprint density at radius 2 is 1.28 bits per heavy atom. The molecule has 1 N–H and O–H groups in total. The van der Waals surface area contributed by atoms with E-state index in [0.717, 1.165) is 78.4 Å². The summed E-state index contributed by atoms with van der Waals surface area (Å²) in [5.74, 6) is 2.16. The van der Waals surface area contributed by atoms with Crippen LogP contribution in [0, 0.1) is 6.92 Å². The number of ketones is 1. The van der Waals surface area contributed by atoms with Gasteiger partial charge in [0, 0.05) is 64.6 Å². The van der Waals surface area contributed by atoms with Gasteiger partial charge < -0.3 is 29.3 Å². The Bertz CT molecular complexity index is 2980. The largest absolute Gasteiger partial charge is 0.493 e.